The maximum absolute atomic E-state index is 11.1. The zero-order chi connectivity index (χ0) is 10.4. The zero-order valence-corrected chi connectivity index (χ0v) is 10.3. The van der Waals surface area contributed by atoms with Crippen molar-refractivity contribution in [2.24, 2.45) is 0 Å². The molecule has 0 fully saturated rings. The molecule has 1 aromatic rings. The number of hydrogen-bond donors (Lipinski definition) is 0. The number of nitrogens with zero attached hydrogens (tertiary/aromatic N) is 1. The van der Waals surface area contributed by atoms with Crippen molar-refractivity contribution in [2.45, 2.75) is 13.5 Å². The van der Waals surface area contributed by atoms with Crippen LogP contribution in [0.3, 0.4) is 0 Å². The third kappa shape index (κ3) is 3.46. The van der Waals surface area contributed by atoms with Crippen LogP contribution in [-0.4, -0.2) is 17.7 Å². The average Bonchev–Trinajstić information content (AvgIpc) is 2.63. The summed E-state index contributed by atoms with van der Waals surface area (Å²) >= 11 is 1.99. The minimum Gasteiger partial charge on any atom is -0.461 e. The van der Waals surface area contributed by atoms with E-state index in [1.165, 1.54) is 15.3 Å². The molecular formula is C7H8INO4S. The first-order valence-electron chi connectivity index (χ1n) is 3.80. The minimum atomic E-state index is -0.482. The summed E-state index contributed by atoms with van der Waals surface area (Å²) in [7, 11) is 1.19. The molecule has 0 amide bonds. The molecule has 0 unspecified atom stereocenters. The molecule has 1 heterocycles. The Labute approximate surface area is 97.3 Å². The van der Waals surface area contributed by atoms with E-state index in [2.05, 4.69) is 5.16 Å². The van der Waals surface area contributed by atoms with E-state index in [1.807, 2.05) is 21.2 Å². The Kier molecular flexibility index (Phi) is 5.26. The SMILES string of the molecule is CCOC(=O)c1cc(COSI)on1. The van der Waals surface area contributed by atoms with Gasteiger partial charge in [-0.1, -0.05) is 5.16 Å². The summed E-state index contributed by atoms with van der Waals surface area (Å²) in [5.74, 6) is 0.0156. The van der Waals surface area contributed by atoms with Crippen molar-refractivity contribution < 1.29 is 18.2 Å². The Morgan fingerprint density at radius 1 is 1.79 bits per heavy atom. The molecule has 1 rings (SSSR count). The molecule has 0 bridgehead atoms. The van der Waals surface area contributed by atoms with Gasteiger partial charge in [0.2, 0.25) is 0 Å². The van der Waals surface area contributed by atoms with E-state index < -0.39 is 5.97 Å². The van der Waals surface area contributed by atoms with Crippen molar-refractivity contribution >= 4 is 36.4 Å². The molecule has 0 aliphatic carbocycles. The molecule has 14 heavy (non-hydrogen) atoms. The fourth-order valence-corrected chi connectivity index (χ4v) is 1.30. The predicted octanol–water partition coefficient (Wildman–Crippen LogP) is 2.37. The zero-order valence-electron chi connectivity index (χ0n) is 7.36. The first-order chi connectivity index (χ1) is 6.77. The molecule has 0 atom stereocenters. The van der Waals surface area contributed by atoms with Crippen molar-refractivity contribution in [3.05, 3.63) is 17.5 Å². The highest BCUT2D eigenvalue weighted by molar-refractivity contribution is 14.2. The van der Waals surface area contributed by atoms with Crippen LogP contribution in [0.4, 0.5) is 0 Å². The molecule has 0 aliphatic rings. The van der Waals surface area contributed by atoms with E-state index in [1.54, 1.807) is 6.92 Å². The van der Waals surface area contributed by atoms with Gasteiger partial charge in [-0.15, -0.1) is 0 Å². The summed E-state index contributed by atoms with van der Waals surface area (Å²) in [6, 6.07) is 1.50. The predicted molar refractivity (Wildman–Crippen MR) is 58.9 cm³/mol. The molecule has 0 saturated heterocycles. The molecule has 78 valence electrons. The highest BCUT2D eigenvalue weighted by Crippen LogP contribution is 2.16. The Balaban J connectivity index is 2.54. The lowest BCUT2D eigenvalue weighted by Gasteiger charge is -1.94. The van der Waals surface area contributed by atoms with E-state index in [-0.39, 0.29) is 12.3 Å². The topological polar surface area (TPSA) is 61.6 Å². The number of hydrogen-bond acceptors (Lipinski definition) is 6. The van der Waals surface area contributed by atoms with Gasteiger partial charge in [0.15, 0.2) is 11.5 Å². The molecule has 0 N–H and O–H groups in total. The highest BCUT2D eigenvalue weighted by atomic mass is 127. The van der Waals surface area contributed by atoms with Crippen LogP contribution < -0.4 is 0 Å². The fraction of sp³-hybridized carbons (Fsp3) is 0.429. The normalized spacial score (nSPS) is 10.1. The maximum Gasteiger partial charge on any atom is 0.360 e. The highest BCUT2D eigenvalue weighted by Gasteiger charge is 2.13. The van der Waals surface area contributed by atoms with Gasteiger partial charge in [0.1, 0.15) is 6.61 Å². The quantitative estimate of drug-likeness (QED) is 0.470. The van der Waals surface area contributed by atoms with Crippen molar-refractivity contribution in [2.75, 3.05) is 6.61 Å². The molecule has 0 aromatic carbocycles. The number of rotatable bonds is 5. The molecule has 7 heteroatoms. The van der Waals surface area contributed by atoms with Crippen LogP contribution in [0.5, 0.6) is 0 Å². The van der Waals surface area contributed by atoms with E-state index in [0.29, 0.717) is 12.4 Å². The Morgan fingerprint density at radius 3 is 3.21 bits per heavy atom. The van der Waals surface area contributed by atoms with Crippen molar-refractivity contribution in [1.82, 2.24) is 5.16 Å². The number of esters is 1. The smallest absolute Gasteiger partial charge is 0.360 e. The van der Waals surface area contributed by atoms with Gasteiger partial charge in [0.05, 0.1) is 15.8 Å². The van der Waals surface area contributed by atoms with E-state index >= 15 is 0 Å². The average molecular weight is 329 g/mol. The van der Waals surface area contributed by atoms with Gasteiger partial charge in [-0.3, -0.25) is 4.18 Å². The largest absolute Gasteiger partial charge is 0.461 e. The summed E-state index contributed by atoms with van der Waals surface area (Å²) in [6.45, 7) is 2.33. The summed E-state index contributed by atoms with van der Waals surface area (Å²) in [4.78, 5) is 11.1. The lowest BCUT2D eigenvalue weighted by atomic mass is 10.4. The monoisotopic (exact) mass is 329 g/mol. The molecule has 0 spiro atoms. The maximum atomic E-state index is 11.1. The van der Waals surface area contributed by atoms with E-state index in [4.69, 9.17) is 13.4 Å². The molecule has 1 aromatic heterocycles. The van der Waals surface area contributed by atoms with Crippen LogP contribution in [0.2, 0.25) is 0 Å². The van der Waals surface area contributed by atoms with Crippen molar-refractivity contribution in [1.29, 1.82) is 0 Å². The van der Waals surface area contributed by atoms with Crippen LogP contribution in [0, 0.1) is 0 Å². The lowest BCUT2D eigenvalue weighted by Crippen LogP contribution is -2.04. The molecule has 0 saturated carbocycles. The Bertz CT molecular complexity index is 304. The second-order valence-corrected chi connectivity index (χ2v) is 3.66. The van der Waals surface area contributed by atoms with E-state index in [0.717, 1.165) is 0 Å². The number of ether oxygens (including phenoxy) is 1. The number of carbonyl (C=O) groups excluding carboxylic acids is 1. The van der Waals surface area contributed by atoms with Crippen LogP contribution in [-0.2, 0) is 15.5 Å². The van der Waals surface area contributed by atoms with Gasteiger partial charge in [-0.25, -0.2) is 4.79 Å². The van der Waals surface area contributed by atoms with E-state index in [9.17, 15) is 4.79 Å². The van der Waals surface area contributed by atoms with Crippen LogP contribution >= 0.6 is 30.4 Å². The summed E-state index contributed by atoms with van der Waals surface area (Å²) in [5, 5.41) is 3.55. The number of aromatic nitrogens is 1. The van der Waals surface area contributed by atoms with Crippen molar-refractivity contribution in [3.63, 3.8) is 0 Å². The number of carbonyl (C=O) groups is 1. The third-order valence-corrected chi connectivity index (χ3v) is 2.26. The summed E-state index contributed by atoms with van der Waals surface area (Å²) in [5.41, 5.74) is 0.170. The number of halogens is 1. The Morgan fingerprint density at radius 2 is 2.57 bits per heavy atom. The second kappa shape index (κ2) is 6.25. The van der Waals surface area contributed by atoms with Gasteiger partial charge < -0.3 is 9.26 Å². The van der Waals surface area contributed by atoms with Crippen LogP contribution in [0.15, 0.2) is 10.6 Å². The lowest BCUT2D eigenvalue weighted by molar-refractivity contribution is 0.0514. The molecule has 5 nitrogen and oxygen atoms in total. The standard InChI is InChI=1S/C7H8INO4S/c1-2-11-7(10)6-3-5(13-9-6)4-12-14-8/h3H,2,4H2,1H3. The Hall–Kier alpha value is -0.280. The second-order valence-electron chi connectivity index (χ2n) is 2.22. The van der Waals surface area contributed by atoms with Crippen LogP contribution in [0.25, 0.3) is 0 Å². The third-order valence-electron chi connectivity index (χ3n) is 1.29. The molecular weight excluding hydrogens is 321 g/mol. The van der Waals surface area contributed by atoms with Gasteiger partial charge in [-0.2, -0.15) is 0 Å². The first-order valence-corrected chi connectivity index (χ1v) is 7.09. The van der Waals surface area contributed by atoms with Crippen molar-refractivity contribution in [3.8, 4) is 0 Å². The molecule has 0 aliphatic heterocycles. The van der Waals surface area contributed by atoms with Gasteiger partial charge in [0, 0.05) is 27.3 Å². The van der Waals surface area contributed by atoms with Gasteiger partial charge in [-0.05, 0) is 6.92 Å². The van der Waals surface area contributed by atoms with Gasteiger partial charge in [0.25, 0.3) is 0 Å². The summed E-state index contributed by atoms with van der Waals surface area (Å²) in [6.07, 6.45) is 0. The van der Waals surface area contributed by atoms with Crippen LogP contribution in [0.1, 0.15) is 23.2 Å². The summed E-state index contributed by atoms with van der Waals surface area (Å²) < 4.78 is 14.6. The molecule has 0 radical (unpaired) electrons. The fourth-order valence-electron chi connectivity index (χ4n) is 0.763. The van der Waals surface area contributed by atoms with Gasteiger partial charge >= 0.3 is 5.97 Å². The minimum absolute atomic E-state index is 0.170. The first kappa shape index (κ1) is 11.8.